The second-order valence-electron chi connectivity index (χ2n) is 6.34. The molecule has 22 heavy (non-hydrogen) atoms. The van der Waals surface area contributed by atoms with Gasteiger partial charge in [0.1, 0.15) is 0 Å². The zero-order valence-electron chi connectivity index (χ0n) is 12.8. The fraction of sp³-hybridized carbons (Fsp3) is 0.733. The number of imide groups is 1. The molecule has 0 aromatic carbocycles. The van der Waals surface area contributed by atoms with Crippen molar-refractivity contribution in [2.75, 3.05) is 18.8 Å². The summed E-state index contributed by atoms with van der Waals surface area (Å²) >= 11 is 0. The van der Waals surface area contributed by atoms with Crippen LogP contribution < -0.4 is 0 Å². The lowest BCUT2D eigenvalue weighted by Crippen LogP contribution is -2.62. The van der Waals surface area contributed by atoms with Crippen LogP contribution in [0.2, 0.25) is 0 Å². The highest BCUT2D eigenvalue weighted by Gasteiger charge is 2.53. The zero-order valence-corrected chi connectivity index (χ0v) is 13.6. The second kappa shape index (κ2) is 5.77. The molecule has 0 saturated carbocycles. The van der Waals surface area contributed by atoms with Gasteiger partial charge in [0.05, 0.1) is 23.6 Å². The van der Waals surface area contributed by atoms with E-state index in [0.717, 1.165) is 6.42 Å². The SMILES string of the molecule is CCCCS(=O)(=O)N1CC(N2C(=O)C3CC=CCC3C2=O)C1. The van der Waals surface area contributed by atoms with E-state index in [1.807, 2.05) is 19.1 Å². The molecule has 2 aliphatic heterocycles. The lowest BCUT2D eigenvalue weighted by molar-refractivity contribution is -0.145. The fourth-order valence-corrected chi connectivity index (χ4v) is 5.16. The number of sulfonamides is 1. The van der Waals surface area contributed by atoms with Crippen LogP contribution in [0.5, 0.6) is 0 Å². The molecule has 2 heterocycles. The van der Waals surface area contributed by atoms with Crippen molar-refractivity contribution in [3.05, 3.63) is 12.2 Å². The average Bonchev–Trinajstić information content (AvgIpc) is 2.69. The van der Waals surface area contributed by atoms with Crippen molar-refractivity contribution in [2.24, 2.45) is 11.8 Å². The molecule has 0 radical (unpaired) electrons. The van der Waals surface area contributed by atoms with Crippen LogP contribution >= 0.6 is 0 Å². The second-order valence-corrected chi connectivity index (χ2v) is 8.43. The van der Waals surface area contributed by atoms with Crippen LogP contribution in [0.25, 0.3) is 0 Å². The molecule has 2 atom stereocenters. The van der Waals surface area contributed by atoms with Crippen molar-refractivity contribution in [3.8, 4) is 0 Å². The summed E-state index contributed by atoms with van der Waals surface area (Å²) in [5.74, 6) is -0.552. The molecule has 2 amide bonds. The minimum atomic E-state index is -3.24. The van der Waals surface area contributed by atoms with Crippen molar-refractivity contribution in [2.45, 2.75) is 38.6 Å². The van der Waals surface area contributed by atoms with Gasteiger partial charge in [-0.25, -0.2) is 8.42 Å². The molecule has 3 rings (SSSR count). The van der Waals surface area contributed by atoms with Crippen LogP contribution in [0, 0.1) is 11.8 Å². The first-order valence-corrected chi connectivity index (χ1v) is 9.56. The van der Waals surface area contributed by atoms with Crippen molar-refractivity contribution < 1.29 is 18.0 Å². The number of nitrogens with zero attached hydrogens (tertiary/aromatic N) is 2. The molecule has 0 bridgehead atoms. The topological polar surface area (TPSA) is 74.8 Å². The summed E-state index contributed by atoms with van der Waals surface area (Å²) in [6.45, 7) is 2.47. The minimum absolute atomic E-state index is 0.116. The maximum Gasteiger partial charge on any atom is 0.233 e. The van der Waals surface area contributed by atoms with Crippen LogP contribution in [-0.4, -0.2) is 54.3 Å². The minimum Gasteiger partial charge on any atom is -0.276 e. The lowest BCUT2D eigenvalue weighted by atomic mass is 9.85. The summed E-state index contributed by atoms with van der Waals surface area (Å²) in [6.07, 6.45) is 6.63. The van der Waals surface area contributed by atoms with E-state index < -0.39 is 10.0 Å². The molecule has 2 unspecified atom stereocenters. The normalized spacial score (nSPS) is 29.8. The average molecular weight is 326 g/mol. The van der Waals surface area contributed by atoms with Gasteiger partial charge in [0.2, 0.25) is 21.8 Å². The Balaban J connectivity index is 1.64. The molecule has 6 nitrogen and oxygen atoms in total. The number of carbonyl (C=O) groups is 2. The summed E-state index contributed by atoms with van der Waals surface area (Å²) in [6, 6.07) is -0.276. The van der Waals surface area contributed by atoms with Gasteiger partial charge in [-0.2, -0.15) is 4.31 Å². The predicted octanol–water partition coefficient (Wildman–Crippen LogP) is 0.752. The third-order valence-electron chi connectivity index (χ3n) is 4.88. The smallest absolute Gasteiger partial charge is 0.233 e. The van der Waals surface area contributed by atoms with Crippen molar-refractivity contribution >= 4 is 21.8 Å². The Hall–Kier alpha value is -1.21. The maximum absolute atomic E-state index is 12.4. The molecule has 1 aliphatic carbocycles. The first-order chi connectivity index (χ1) is 10.5. The molecule has 2 saturated heterocycles. The number of amides is 2. The van der Waals surface area contributed by atoms with Crippen molar-refractivity contribution in [1.82, 2.24) is 9.21 Å². The third kappa shape index (κ3) is 2.50. The number of hydrogen-bond acceptors (Lipinski definition) is 4. The van der Waals surface area contributed by atoms with Gasteiger partial charge < -0.3 is 0 Å². The summed E-state index contributed by atoms with van der Waals surface area (Å²) in [5.41, 5.74) is 0. The number of fused-ring (bicyclic) bond motifs is 1. The largest absolute Gasteiger partial charge is 0.276 e. The van der Waals surface area contributed by atoms with Crippen molar-refractivity contribution in [1.29, 1.82) is 0 Å². The number of hydrogen-bond donors (Lipinski definition) is 0. The third-order valence-corrected chi connectivity index (χ3v) is 6.77. The Labute approximate surface area is 131 Å². The van der Waals surface area contributed by atoms with Gasteiger partial charge in [-0.3, -0.25) is 14.5 Å². The molecular weight excluding hydrogens is 304 g/mol. The zero-order chi connectivity index (χ0) is 15.9. The van der Waals surface area contributed by atoms with E-state index in [9.17, 15) is 18.0 Å². The predicted molar refractivity (Wildman–Crippen MR) is 81.3 cm³/mol. The van der Waals surface area contributed by atoms with Gasteiger partial charge in [-0.1, -0.05) is 25.5 Å². The maximum atomic E-state index is 12.4. The highest BCUT2D eigenvalue weighted by Crippen LogP contribution is 2.37. The first kappa shape index (κ1) is 15.7. The number of likely N-dealkylation sites (tertiary alicyclic amines) is 1. The lowest BCUT2D eigenvalue weighted by Gasteiger charge is -2.42. The Kier molecular flexibility index (Phi) is 4.11. The van der Waals surface area contributed by atoms with Crippen LogP contribution in [0.4, 0.5) is 0 Å². The first-order valence-electron chi connectivity index (χ1n) is 7.95. The highest BCUT2D eigenvalue weighted by molar-refractivity contribution is 7.89. The summed E-state index contributed by atoms with van der Waals surface area (Å²) < 4.78 is 25.5. The highest BCUT2D eigenvalue weighted by atomic mass is 32.2. The fourth-order valence-electron chi connectivity index (χ4n) is 3.45. The number of allylic oxidation sites excluding steroid dienone is 2. The van der Waals surface area contributed by atoms with E-state index in [1.165, 1.54) is 9.21 Å². The van der Waals surface area contributed by atoms with E-state index >= 15 is 0 Å². The van der Waals surface area contributed by atoms with Crippen LogP contribution in [0.15, 0.2) is 12.2 Å². The molecule has 3 aliphatic rings. The Morgan fingerprint density at radius 3 is 2.14 bits per heavy atom. The number of carbonyl (C=O) groups excluding carboxylic acids is 2. The van der Waals surface area contributed by atoms with E-state index in [1.54, 1.807) is 0 Å². The van der Waals surface area contributed by atoms with E-state index in [0.29, 0.717) is 19.3 Å². The van der Waals surface area contributed by atoms with Gasteiger partial charge >= 0.3 is 0 Å². The van der Waals surface area contributed by atoms with Gasteiger partial charge in [-0.05, 0) is 19.3 Å². The summed E-state index contributed by atoms with van der Waals surface area (Å²) in [4.78, 5) is 26.2. The summed E-state index contributed by atoms with van der Waals surface area (Å²) in [5, 5.41) is 0. The van der Waals surface area contributed by atoms with Gasteiger partial charge in [-0.15, -0.1) is 0 Å². The molecule has 0 N–H and O–H groups in total. The molecule has 122 valence electrons. The Bertz CT molecular complexity index is 581. The molecular formula is C15H22N2O4S. The Morgan fingerprint density at radius 2 is 1.64 bits per heavy atom. The van der Waals surface area contributed by atoms with Crippen LogP contribution in [-0.2, 0) is 19.6 Å². The Morgan fingerprint density at radius 1 is 1.09 bits per heavy atom. The molecule has 0 aromatic heterocycles. The van der Waals surface area contributed by atoms with Crippen LogP contribution in [0.1, 0.15) is 32.6 Å². The standard InChI is InChI=1S/C15H22N2O4S/c1-2-3-8-22(20,21)16-9-11(10-16)17-14(18)12-6-4-5-7-13(12)15(17)19/h4-5,11-13H,2-3,6-10H2,1H3. The van der Waals surface area contributed by atoms with E-state index in [-0.39, 0.29) is 48.5 Å². The molecule has 7 heteroatoms. The van der Waals surface area contributed by atoms with Gasteiger partial charge in [0, 0.05) is 13.1 Å². The quantitative estimate of drug-likeness (QED) is 0.552. The van der Waals surface area contributed by atoms with Crippen LogP contribution in [0.3, 0.4) is 0 Å². The van der Waals surface area contributed by atoms with E-state index in [4.69, 9.17) is 0 Å². The molecule has 0 aromatic rings. The monoisotopic (exact) mass is 326 g/mol. The van der Waals surface area contributed by atoms with E-state index in [2.05, 4.69) is 0 Å². The molecule has 0 spiro atoms. The summed E-state index contributed by atoms with van der Waals surface area (Å²) in [7, 11) is -3.24. The van der Waals surface area contributed by atoms with Gasteiger partial charge in [0.15, 0.2) is 0 Å². The van der Waals surface area contributed by atoms with Gasteiger partial charge in [0.25, 0.3) is 0 Å². The number of unbranched alkanes of at least 4 members (excludes halogenated alkanes) is 1. The number of rotatable bonds is 5. The van der Waals surface area contributed by atoms with Crippen molar-refractivity contribution in [3.63, 3.8) is 0 Å². The molecule has 2 fully saturated rings.